The van der Waals surface area contributed by atoms with Gasteiger partial charge in [-0.05, 0) is 25.5 Å². The number of fused-ring (bicyclic) bond motifs is 1. The van der Waals surface area contributed by atoms with Crippen LogP contribution in [0.2, 0.25) is 5.02 Å². The van der Waals surface area contributed by atoms with Gasteiger partial charge in [0.15, 0.2) is 0 Å². The van der Waals surface area contributed by atoms with E-state index in [4.69, 9.17) is 16.1 Å². The van der Waals surface area contributed by atoms with Crippen molar-refractivity contribution in [1.29, 1.82) is 0 Å². The molecule has 6 heteroatoms. The van der Waals surface area contributed by atoms with Crippen LogP contribution in [0.25, 0.3) is 21.3 Å². The number of anilines is 1. The third-order valence-corrected chi connectivity index (χ3v) is 5.74. The Morgan fingerprint density at radius 2 is 1.81 bits per heavy atom. The van der Waals surface area contributed by atoms with E-state index in [2.05, 4.69) is 10.5 Å². The van der Waals surface area contributed by atoms with Gasteiger partial charge < -0.3 is 4.52 Å². The quantitative estimate of drug-likeness (QED) is 0.467. The van der Waals surface area contributed by atoms with Crippen molar-refractivity contribution in [2.75, 3.05) is 5.32 Å². The average Bonchev–Trinajstić information content (AvgIpc) is 3.20. The molecule has 130 valence electrons. The molecule has 4 nitrogen and oxygen atoms in total. The van der Waals surface area contributed by atoms with Gasteiger partial charge in [-0.3, -0.25) is 10.1 Å². The number of carbonyl (C=O) groups excluding carboxylic acids is 1. The zero-order chi connectivity index (χ0) is 18.3. The van der Waals surface area contributed by atoms with Gasteiger partial charge >= 0.3 is 0 Å². The molecule has 4 rings (SSSR count). The predicted molar refractivity (Wildman–Crippen MR) is 106 cm³/mol. The van der Waals surface area contributed by atoms with Crippen LogP contribution < -0.4 is 5.32 Å². The molecule has 26 heavy (non-hydrogen) atoms. The number of aromatic nitrogens is 1. The normalized spacial score (nSPS) is 11.0. The highest BCUT2D eigenvalue weighted by Gasteiger charge is 2.19. The van der Waals surface area contributed by atoms with Crippen molar-refractivity contribution in [3.8, 4) is 11.3 Å². The number of rotatable bonds is 3. The molecular formula is C20H15ClN2O2S. The first-order chi connectivity index (χ1) is 12.5. The maximum Gasteiger partial charge on any atom is 0.269 e. The Balaban J connectivity index is 1.59. The highest BCUT2D eigenvalue weighted by Crippen LogP contribution is 2.36. The van der Waals surface area contributed by atoms with Crippen LogP contribution in [0.3, 0.4) is 0 Å². The topological polar surface area (TPSA) is 55.1 Å². The fraction of sp³-hybridized carbons (Fsp3) is 0.100. The largest absolute Gasteiger partial charge is 0.338 e. The molecule has 1 amide bonds. The van der Waals surface area contributed by atoms with Crippen LogP contribution in [-0.2, 0) is 0 Å². The van der Waals surface area contributed by atoms with Gasteiger partial charge in [-0.15, -0.1) is 11.3 Å². The summed E-state index contributed by atoms with van der Waals surface area (Å²) in [4.78, 5) is 13.1. The maximum absolute atomic E-state index is 12.6. The molecule has 4 aromatic rings. The van der Waals surface area contributed by atoms with Crippen LogP contribution in [0.4, 0.5) is 5.88 Å². The predicted octanol–water partition coefficient (Wildman–Crippen LogP) is 6.08. The standard InChI is InChI=1S/C20H15ClN2O2S/c1-11-3-6-13(7-4-11)15-10-17(25-23-15)22-20(24)19-18(21)14-8-5-12(2)9-16(14)26-19/h3-10H,1-2H3,(H,22,24). The summed E-state index contributed by atoms with van der Waals surface area (Å²) in [5, 5.41) is 8.09. The minimum Gasteiger partial charge on any atom is -0.338 e. The maximum atomic E-state index is 12.6. The lowest BCUT2D eigenvalue weighted by Crippen LogP contribution is -2.09. The Hall–Kier alpha value is -2.63. The number of nitrogens with one attached hydrogen (secondary N) is 1. The summed E-state index contributed by atoms with van der Waals surface area (Å²) in [5.74, 6) is -0.0178. The van der Waals surface area contributed by atoms with Crippen LogP contribution in [0.5, 0.6) is 0 Å². The van der Waals surface area contributed by atoms with Crippen molar-refractivity contribution in [1.82, 2.24) is 5.16 Å². The van der Waals surface area contributed by atoms with E-state index >= 15 is 0 Å². The molecule has 0 saturated carbocycles. The van der Waals surface area contributed by atoms with E-state index in [0.717, 1.165) is 21.2 Å². The molecule has 0 aliphatic rings. The summed E-state index contributed by atoms with van der Waals surface area (Å²) in [6.07, 6.45) is 0. The van der Waals surface area contributed by atoms with Crippen molar-refractivity contribution in [2.45, 2.75) is 13.8 Å². The Morgan fingerprint density at radius 3 is 2.58 bits per heavy atom. The molecule has 0 atom stereocenters. The lowest BCUT2D eigenvalue weighted by Gasteiger charge is -1.98. The van der Waals surface area contributed by atoms with Crippen LogP contribution >= 0.6 is 22.9 Å². The van der Waals surface area contributed by atoms with E-state index in [1.165, 1.54) is 16.9 Å². The van der Waals surface area contributed by atoms with Crippen LogP contribution in [0.1, 0.15) is 20.8 Å². The lowest BCUT2D eigenvalue weighted by atomic mass is 10.1. The summed E-state index contributed by atoms with van der Waals surface area (Å²) in [7, 11) is 0. The van der Waals surface area contributed by atoms with E-state index in [9.17, 15) is 4.79 Å². The molecule has 0 saturated heterocycles. The molecule has 2 aromatic carbocycles. The summed E-state index contributed by atoms with van der Waals surface area (Å²) >= 11 is 7.75. The molecule has 0 radical (unpaired) electrons. The highest BCUT2D eigenvalue weighted by atomic mass is 35.5. The fourth-order valence-electron chi connectivity index (χ4n) is 2.68. The zero-order valence-electron chi connectivity index (χ0n) is 14.2. The van der Waals surface area contributed by atoms with E-state index in [1.807, 2.05) is 56.3 Å². The minimum atomic E-state index is -0.305. The zero-order valence-corrected chi connectivity index (χ0v) is 15.7. The number of nitrogens with zero attached hydrogens (tertiary/aromatic N) is 1. The molecule has 2 aromatic heterocycles. The smallest absolute Gasteiger partial charge is 0.269 e. The number of hydrogen-bond donors (Lipinski definition) is 1. The van der Waals surface area contributed by atoms with Crippen molar-refractivity contribution in [3.63, 3.8) is 0 Å². The summed E-state index contributed by atoms with van der Waals surface area (Å²) in [6.45, 7) is 4.03. The van der Waals surface area contributed by atoms with E-state index in [0.29, 0.717) is 15.6 Å². The molecule has 0 spiro atoms. The molecule has 0 fully saturated rings. The van der Waals surface area contributed by atoms with Crippen LogP contribution in [-0.4, -0.2) is 11.1 Å². The summed E-state index contributed by atoms with van der Waals surface area (Å²) in [5.41, 5.74) is 3.88. The molecule has 0 unspecified atom stereocenters. The highest BCUT2D eigenvalue weighted by molar-refractivity contribution is 7.21. The lowest BCUT2D eigenvalue weighted by molar-refractivity contribution is 0.102. The van der Waals surface area contributed by atoms with Crippen molar-refractivity contribution >= 4 is 44.8 Å². The molecular weight excluding hydrogens is 368 g/mol. The van der Waals surface area contributed by atoms with Gasteiger partial charge in [-0.25, -0.2) is 0 Å². The SMILES string of the molecule is Cc1ccc(-c2cc(NC(=O)c3sc4cc(C)ccc4c3Cl)on2)cc1. The number of hydrogen-bond acceptors (Lipinski definition) is 4. The number of carbonyl (C=O) groups is 1. The molecule has 2 heterocycles. The number of thiophene rings is 1. The number of amides is 1. The first-order valence-electron chi connectivity index (χ1n) is 8.05. The van der Waals surface area contributed by atoms with Gasteiger partial charge in [0.2, 0.25) is 5.88 Å². The van der Waals surface area contributed by atoms with E-state index in [-0.39, 0.29) is 11.8 Å². The minimum absolute atomic E-state index is 0.287. The molecule has 1 N–H and O–H groups in total. The van der Waals surface area contributed by atoms with Crippen LogP contribution in [0, 0.1) is 13.8 Å². The summed E-state index contributed by atoms with van der Waals surface area (Å²) < 4.78 is 6.24. The Labute approximate surface area is 159 Å². The monoisotopic (exact) mass is 382 g/mol. The summed E-state index contributed by atoms with van der Waals surface area (Å²) in [6, 6.07) is 15.6. The van der Waals surface area contributed by atoms with Gasteiger partial charge in [-0.1, -0.05) is 58.7 Å². The first-order valence-corrected chi connectivity index (χ1v) is 9.24. The Morgan fingerprint density at radius 1 is 1.08 bits per heavy atom. The van der Waals surface area contributed by atoms with Crippen molar-refractivity contribution in [3.05, 3.63) is 69.6 Å². The van der Waals surface area contributed by atoms with Gasteiger partial charge in [0.25, 0.3) is 5.91 Å². The number of halogens is 1. The second kappa shape index (κ2) is 6.59. The third kappa shape index (κ3) is 3.11. The van der Waals surface area contributed by atoms with Crippen molar-refractivity contribution < 1.29 is 9.32 Å². The van der Waals surface area contributed by atoms with Gasteiger partial charge in [0, 0.05) is 21.7 Å². The van der Waals surface area contributed by atoms with E-state index in [1.54, 1.807) is 6.07 Å². The fourth-order valence-corrected chi connectivity index (χ4v) is 4.19. The van der Waals surface area contributed by atoms with Gasteiger partial charge in [0.05, 0.1) is 5.02 Å². The van der Waals surface area contributed by atoms with Gasteiger partial charge in [0.1, 0.15) is 10.6 Å². The van der Waals surface area contributed by atoms with Crippen LogP contribution in [0.15, 0.2) is 53.1 Å². The number of benzene rings is 2. The Bertz CT molecular complexity index is 1110. The molecule has 0 aliphatic heterocycles. The average molecular weight is 383 g/mol. The second-order valence-electron chi connectivity index (χ2n) is 6.14. The molecule has 0 aliphatic carbocycles. The van der Waals surface area contributed by atoms with Crippen molar-refractivity contribution in [2.24, 2.45) is 0 Å². The number of aryl methyl sites for hydroxylation is 2. The van der Waals surface area contributed by atoms with Gasteiger partial charge in [-0.2, -0.15) is 0 Å². The molecule has 0 bridgehead atoms. The van der Waals surface area contributed by atoms with E-state index < -0.39 is 0 Å². The first kappa shape index (κ1) is 16.8. The Kier molecular flexibility index (Phi) is 4.26. The third-order valence-electron chi connectivity index (χ3n) is 4.09. The second-order valence-corrected chi connectivity index (χ2v) is 7.57.